The Hall–Kier alpha value is -0.720. The zero-order valence-corrected chi connectivity index (χ0v) is 9.23. The molecule has 0 fully saturated rings. The maximum atomic E-state index is 3.98. The third-order valence-electron chi connectivity index (χ3n) is 1.66. The van der Waals surface area contributed by atoms with Crippen LogP contribution in [0.2, 0.25) is 0 Å². The lowest BCUT2D eigenvalue weighted by molar-refractivity contribution is 0.478. The molecule has 0 atom stereocenters. The Morgan fingerprint density at radius 2 is 1.67 bits per heavy atom. The van der Waals surface area contributed by atoms with Crippen LogP contribution in [-0.2, 0) is 0 Å². The highest BCUT2D eigenvalue weighted by molar-refractivity contribution is 5.30. The fraction of sp³-hybridized carbons (Fsp3) is 0.636. The van der Waals surface area contributed by atoms with E-state index in [0.717, 1.165) is 5.57 Å². The molecule has 0 bridgehead atoms. The number of rotatable bonds is 2. The van der Waals surface area contributed by atoms with Gasteiger partial charge in [-0.15, -0.1) is 0 Å². The average molecular weight is 167 g/mol. The minimum Gasteiger partial charge on any atom is -0.383 e. The fourth-order valence-corrected chi connectivity index (χ4v) is 1.20. The Bertz CT molecular complexity index is 192. The summed E-state index contributed by atoms with van der Waals surface area (Å²) < 4.78 is 0. The van der Waals surface area contributed by atoms with Gasteiger partial charge in [-0.1, -0.05) is 32.9 Å². The van der Waals surface area contributed by atoms with Gasteiger partial charge in [0.15, 0.2) is 0 Å². The van der Waals surface area contributed by atoms with E-state index in [4.69, 9.17) is 0 Å². The van der Waals surface area contributed by atoms with Crippen molar-refractivity contribution in [1.82, 2.24) is 4.90 Å². The number of hydrogen-bond donors (Lipinski definition) is 0. The average Bonchev–Trinajstić information content (AvgIpc) is 1.79. The van der Waals surface area contributed by atoms with Crippen molar-refractivity contribution < 1.29 is 0 Å². The van der Waals surface area contributed by atoms with Crippen molar-refractivity contribution in [2.45, 2.75) is 27.7 Å². The summed E-state index contributed by atoms with van der Waals surface area (Å²) in [5, 5.41) is 0. The lowest BCUT2D eigenvalue weighted by Crippen LogP contribution is -2.14. The van der Waals surface area contributed by atoms with Crippen LogP contribution in [0.5, 0.6) is 0 Å². The minimum atomic E-state index is 0.191. The molecule has 0 aromatic rings. The van der Waals surface area contributed by atoms with Crippen LogP contribution in [0.15, 0.2) is 23.9 Å². The Labute approximate surface area is 76.8 Å². The van der Waals surface area contributed by atoms with Gasteiger partial charge < -0.3 is 4.90 Å². The number of allylic oxidation sites excluding steroid dienone is 2. The smallest absolute Gasteiger partial charge is 0.00557 e. The zero-order chi connectivity index (χ0) is 9.94. The van der Waals surface area contributed by atoms with Crippen LogP contribution in [0.1, 0.15) is 27.7 Å². The summed E-state index contributed by atoms with van der Waals surface area (Å²) in [5.74, 6) is 0. The second kappa shape index (κ2) is 3.79. The lowest BCUT2D eigenvalue weighted by atomic mass is 9.83. The van der Waals surface area contributed by atoms with Gasteiger partial charge in [-0.2, -0.15) is 0 Å². The molecule has 0 saturated heterocycles. The van der Waals surface area contributed by atoms with Crippen molar-refractivity contribution in [2.75, 3.05) is 14.1 Å². The summed E-state index contributed by atoms with van der Waals surface area (Å²) >= 11 is 0. The third-order valence-corrected chi connectivity index (χ3v) is 1.66. The quantitative estimate of drug-likeness (QED) is 0.571. The van der Waals surface area contributed by atoms with Gasteiger partial charge in [-0.25, -0.2) is 0 Å². The summed E-state index contributed by atoms with van der Waals surface area (Å²) in [5.41, 5.74) is 2.65. The predicted molar refractivity (Wildman–Crippen MR) is 56.0 cm³/mol. The molecule has 0 heterocycles. The van der Waals surface area contributed by atoms with Crippen LogP contribution in [0.3, 0.4) is 0 Å². The first-order valence-electron chi connectivity index (χ1n) is 4.29. The minimum absolute atomic E-state index is 0.191. The molecule has 1 heteroatoms. The first-order chi connectivity index (χ1) is 5.25. The van der Waals surface area contributed by atoms with Gasteiger partial charge in [0.25, 0.3) is 0 Å². The summed E-state index contributed by atoms with van der Waals surface area (Å²) in [6.45, 7) is 12.7. The van der Waals surface area contributed by atoms with Gasteiger partial charge in [0, 0.05) is 20.3 Å². The van der Waals surface area contributed by atoms with Crippen LogP contribution >= 0.6 is 0 Å². The highest BCUT2D eigenvalue weighted by Gasteiger charge is 2.17. The second-order valence-electron chi connectivity index (χ2n) is 4.54. The molecule has 0 aliphatic carbocycles. The van der Waals surface area contributed by atoms with E-state index in [9.17, 15) is 0 Å². The second-order valence-corrected chi connectivity index (χ2v) is 4.54. The highest BCUT2D eigenvalue weighted by Crippen LogP contribution is 2.30. The molecule has 0 unspecified atom stereocenters. The molecular weight excluding hydrogens is 146 g/mol. The van der Waals surface area contributed by atoms with E-state index in [-0.39, 0.29) is 5.41 Å². The summed E-state index contributed by atoms with van der Waals surface area (Å²) in [6, 6.07) is 0. The molecule has 0 aromatic carbocycles. The van der Waals surface area contributed by atoms with Gasteiger partial charge in [-0.05, 0) is 17.9 Å². The molecule has 0 rings (SSSR count). The van der Waals surface area contributed by atoms with Crippen molar-refractivity contribution in [3.63, 3.8) is 0 Å². The Balaban J connectivity index is 4.81. The Kier molecular flexibility index (Phi) is 3.56. The molecule has 0 spiro atoms. The monoisotopic (exact) mass is 167 g/mol. The van der Waals surface area contributed by atoms with Crippen molar-refractivity contribution >= 4 is 0 Å². The SMILES string of the molecule is C=C(C)/C(=C\N(C)C)C(C)(C)C. The first kappa shape index (κ1) is 11.3. The van der Waals surface area contributed by atoms with Gasteiger partial charge in [0.1, 0.15) is 0 Å². The van der Waals surface area contributed by atoms with E-state index in [1.165, 1.54) is 5.57 Å². The van der Waals surface area contributed by atoms with E-state index in [2.05, 4.69) is 45.4 Å². The van der Waals surface area contributed by atoms with E-state index in [1.807, 2.05) is 14.1 Å². The van der Waals surface area contributed by atoms with Crippen LogP contribution < -0.4 is 0 Å². The molecular formula is C11H21N. The molecule has 70 valence electrons. The largest absolute Gasteiger partial charge is 0.383 e. The van der Waals surface area contributed by atoms with Crippen LogP contribution in [0, 0.1) is 5.41 Å². The topological polar surface area (TPSA) is 3.24 Å². The van der Waals surface area contributed by atoms with Crippen LogP contribution in [0.25, 0.3) is 0 Å². The molecule has 0 radical (unpaired) electrons. The van der Waals surface area contributed by atoms with Gasteiger partial charge in [0.05, 0.1) is 0 Å². The molecule has 0 saturated carbocycles. The molecule has 0 N–H and O–H groups in total. The molecule has 0 aliphatic heterocycles. The first-order valence-corrected chi connectivity index (χ1v) is 4.29. The standard InChI is InChI=1S/C11H21N/c1-9(2)10(8-12(6)7)11(3,4)5/h8H,1H2,2-7H3/b10-8+. The molecule has 0 amide bonds. The van der Waals surface area contributed by atoms with E-state index < -0.39 is 0 Å². The number of nitrogens with zero attached hydrogens (tertiary/aromatic N) is 1. The van der Waals surface area contributed by atoms with Crippen LogP contribution in [0.4, 0.5) is 0 Å². The third kappa shape index (κ3) is 3.61. The maximum absolute atomic E-state index is 3.98. The van der Waals surface area contributed by atoms with Crippen molar-refractivity contribution in [3.05, 3.63) is 23.9 Å². The normalized spacial score (nSPS) is 13.0. The molecule has 12 heavy (non-hydrogen) atoms. The molecule has 0 aromatic heterocycles. The summed E-state index contributed by atoms with van der Waals surface area (Å²) in [6.07, 6.45) is 2.14. The van der Waals surface area contributed by atoms with E-state index in [1.54, 1.807) is 0 Å². The van der Waals surface area contributed by atoms with Crippen molar-refractivity contribution in [3.8, 4) is 0 Å². The Morgan fingerprint density at radius 3 is 1.75 bits per heavy atom. The zero-order valence-electron chi connectivity index (χ0n) is 9.23. The van der Waals surface area contributed by atoms with Crippen LogP contribution in [-0.4, -0.2) is 19.0 Å². The molecule has 0 aliphatic rings. The highest BCUT2D eigenvalue weighted by atomic mass is 15.0. The molecule has 1 nitrogen and oxygen atoms in total. The van der Waals surface area contributed by atoms with Gasteiger partial charge in [0.2, 0.25) is 0 Å². The summed E-state index contributed by atoms with van der Waals surface area (Å²) in [7, 11) is 4.07. The van der Waals surface area contributed by atoms with Crippen molar-refractivity contribution in [2.24, 2.45) is 5.41 Å². The van der Waals surface area contributed by atoms with Gasteiger partial charge in [-0.3, -0.25) is 0 Å². The number of hydrogen-bond acceptors (Lipinski definition) is 1. The van der Waals surface area contributed by atoms with Gasteiger partial charge >= 0.3 is 0 Å². The maximum Gasteiger partial charge on any atom is 0.00557 e. The van der Waals surface area contributed by atoms with E-state index >= 15 is 0 Å². The summed E-state index contributed by atoms with van der Waals surface area (Å²) in [4.78, 5) is 2.06. The Morgan fingerprint density at radius 1 is 1.25 bits per heavy atom. The predicted octanol–water partition coefficient (Wildman–Crippen LogP) is 3.05. The van der Waals surface area contributed by atoms with Crippen molar-refractivity contribution in [1.29, 1.82) is 0 Å². The lowest BCUT2D eigenvalue weighted by Gasteiger charge is -2.25. The van der Waals surface area contributed by atoms with E-state index in [0.29, 0.717) is 0 Å². The fourth-order valence-electron chi connectivity index (χ4n) is 1.20.